The Morgan fingerprint density at radius 1 is 1.60 bits per heavy atom. The largest absolute Gasteiger partial charge is 0.355 e. The van der Waals surface area contributed by atoms with E-state index in [0.29, 0.717) is 10.9 Å². The second-order valence-electron chi connectivity index (χ2n) is 3.52. The fourth-order valence-corrected chi connectivity index (χ4v) is 1.82. The minimum Gasteiger partial charge on any atom is -0.355 e. The SMILES string of the molecule is C#CC(Nc1ncc(Cl)cc1Br)C(C)C. The van der Waals surface area contributed by atoms with Crippen molar-refractivity contribution in [3.8, 4) is 12.3 Å². The van der Waals surface area contributed by atoms with Gasteiger partial charge in [0.15, 0.2) is 0 Å². The Morgan fingerprint density at radius 2 is 2.27 bits per heavy atom. The number of nitrogens with zero attached hydrogens (tertiary/aromatic N) is 1. The lowest BCUT2D eigenvalue weighted by molar-refractivity contribution is 0.612. The highest BCUT2D eigenvalue weighted by molar-refractivity contribution is 9.10. The van der Waals surface area contributed by atoms with Gasteiger partial charge in [-0.25, -0.2) is 4.98 Å². The van der Waals surface area contributed by atoms with Gasteiger partial charge in [0, 0.05) is 6.20 Å². The lowest BCUT2D eigenvalue weighted by Crippen LogP contribution is -2.24. The molecule has 2 nitrogen and oxygen atoms in total. The van der Waals surface area contributed by atoms with Crippen molar-refractivity contribution < 1.29 is 0 Å². The van der Waals surface area contributed by atoms with Crippen molar-refractivity contribution in [1.82, 2.24) is 4.98 Å². The fraction of sp³-hybridized carbons (Fsp3) is 0.364. The van der Waals surface area contributed by atoms with Crippen LogP contribution in [0.3, 0.4) is 0 Å². The normalized spacial score (nSPS) is 12.3. The van der Waals surface area contributed by atoms with Crippen LogP contribution in [0.1, 0.15) is 13.8 Å². The summed E-state index contributed by atoms with van der Waals surface area (Å²) in [6.07, 6.45) is 7.01. The summed E-state index contributed by atoms with van der Waals surface area (Å²) in [5, 5.41) is 3.76. The predicted octanol–water partition coefficient (Wildman–Crippen LogP) is 3.57. The number of nitrogens with one attached hydrogen (secondary N) is 1. The molecule has 0 fully saturated rings. The van der Waals surface area contributed by atoms with Crippen LogP contribution in [0.2, 0.25) is 5.02 Å². The van der Waals surface area contributed by atoms with Crippen LogP contribution < -0.4 is 5.32 Å². The van der Waals surface area contributed by atoms with E-state index in [-0.39, 0.29) is 6.04 Å². The van der Waals surface area contributed by atoms with Crippen molar-refractivity contribution in [2.75, 3.05) is 5.32 Å². The van der Waals surface area contributed by atoms with Gasteiger partial charge in [0.1, 0.15) is 5.82 Å². The molecule has 1 heterocycles. The first kappa shape index (κ1) is 12.4. The number of hydrogen-bond donors (Lipinski definition) is 1. The molecule has 1 aromatic heterocycles. The van der Waals surface area contributed by atoms with Gasteiger partial charge in [-0.05, 0) is 27.9 Å². The molecule has 0 saturated carbocycles. The summed E-state index contributed by atoms with van der Waals surface area (Å²) in [5.41, 5.74) is 0. The van der Waals surface area contributed by atoms with Gasteiger partial charge < -0.3 is 5.32 Å². The molecule has 1 N–H and O–H groups in total. The van der Waals surface area contributed by atoms with Crippen LogP contribution in [0.4, 0.5) is 5.82 Å². The van der Waals surface area contributed by atoms with E-state index in [1.54, 1.807) is 12.3 Å². The molecule has 0 saturated heterocycles. The predicted molar refractivity (Wildman–Crippen MR) is 68.0 cm³/mol. The van der Waals surface area contributed by atoms with E-state index >= 15 is 0 Å². The number of anilines is 1. The minimum atomic E-state index is -0.0324. The van der Waals surface area contributed by atoms with Gasteiger partial charge in [-0.2, -0.15) is 0 Å². The zero-order valence-electron chi connectivity index (χ0n) is 8.59. The van der Waals surface area contributed by atoms with Crippen molar-refractivity contribution in [3.63, 3.8) is 0 Å². The first-order chi connectivity index (χ1) is 7.04. The molecular weight excluding hydrogens is 275 g/mol. The molecule has 0 aliphatic heterocycles. The van der Waals surface area contributed by atoms with E-state index in [2.05, 4.69) is 46.0 Å². The van der Waals surface area contributed by atoms with Crippen LogP contribution in [0, 0.1) is 18.3 Å². The average molecular weight is 288 g/mol. The molecule has 0 spiro atoms. The van der Waals surface area contributed by atoms with Crippen LogP contribution in [-0.4, -0.2) is 11.0 Å². The second kappa shape index (κ2) is 5.39. The Bertz CT molecular complexity index is 385. The van der Waals surface area contributed by atoms with Crippen LogP contribution in [0.5, 0.6) is 0 Å². The Morgan fingerprint density at radius 3 is 2.73 bits per heavy atom. The van der Waals surface area contributed by atoms with E-state index in [9.17, 15) is 0 Å². The highest BCUT2D eigenvalue weighted by Gasteiger charge is 2.12. The number of terminal acetylenes is 1. The molecule has 0 aliphatic carbocycles. The van der Waals surface area contributed by atoms with Gasteiger partial charge in [0.25, 0.3) is 0 Å². The molecule has 0 radical (unpaired) electrons. The highest BCUT2D eigenvalue weighted by Crippen LogP contribution is 2.24. The van der Waals surface area contributed by atoms with E-state index in [1.807, 2.05) is 0 Å². The summed E-state index contributed by atoms with van der Waals surface area (Å²) in [6.45, 7) is 4.11. The van der Waals surface area contributed by atoms with Gasteiger partial charge in [0.05, 0.1) is 15.5 Å². The zero-order chi connectivity index (χ0) is 11.4. The first-order valence-electron chi connectivity index (χ1n) is 4.58. The summed E-state index contributed by atoms with van der Waals surface area (Å²) >= 11 is 9.17. The number of rotatable bonds is 3. The summed E-state index contributed by atoms with van der Waals surface area (Å²) in [5.74, 6) is 3.75. The van der Waals surface area contributed by atoms with Crippen LogP contribution in [-0.2, 0) is 0 Å². The lowest BCUT2D eigenvalue weighted by Gasteiger charge is -2.17. The smallest absolute Gasteiger partial charge is 0.141 e. The third-order valence-corrected chi connectivity index (χ3v) is 2.76. The monoisotopic (exact) mass is 286 g/mol. The fourth-order valence-electron chi connectivity index (χ4n) is 1.07. The van der Waals surface area contributed by atoms with Gasteiger partial charge in [-0.3, -0.25) is 0 Å². The molecule has 0 aromatic carbocycles. The summed E-state index contributed by atoms with van der Waals surface area (Å²) in [4.78, 5) is 4.16. The van der Waals surface area contributed by atoms with E-state index < -0.39 is 0 Å². The Kier molecular flexibility index (Phi) is 4.44. The van der Waals surface area contributed by atoms with Crippen LogP contribution >= 0.6 is 27.5 Å². The molecule has 0 aliphatic rings. The topological polar surface area (TPSA) is 24.9 Å². The van der Waals surface area contributed by atoms with Gasteiger partial charge in [0.2, 0.25) is 0 Å². The molecule has 1 atom stereocenters. The van der Waals surface area contributed by atoms with Gasteiger partial charge in [-0.1, -0.05) is 31.4 Å². The van der Waals surface area contributed by atoms with E-state index in [4.69, 9.17) is 18.0 Å². The molecule has 0 bridgehead atoms. The maximum absolute atomic E-state index is 5.79. The maximum atomic E-state index is 5.79. The quantitative estimate of drug-likeness (QED) is 0.860. The van der Waals surface area contributed by atoms with E-state index in [0.717, 1.165) is 10.3 Å². The number of hydrogen-bond acceptors (Lipinski definition) is 2. The molecule has 1 rings (SSSR count). The number of pyridine rings is 1. The molecular formula is C11H12BrClN2. The van der Waals surface area contributed by atoms with Crippen molar-refractivity contribution in [2.45, 2.75) is 19.9 Å². The molecule has 1 aromatic rings. The molecule has 4 heteroatoms. The van der Waals surface area contributed by atoms with Crippen LogP contribution in [0.15, 0.2) is 16.7 Å². The molecule has 80 valence electrons. The summed E-state index contributed by atoms with van der Waals surface area (Å²) < 4.78 is 0.816. The highest BCUT2D eigenvalue weighted by atomic mass is 79.9. The molecule has 15 heavy (non-hydrogen) atoms. The second-order valence-corrected chi connectivity index (χ2v) is 4.81. The first-order valence-corrected chi connectivity index (χ1v) is 5.75. The average Bonchev–Trinajstić information content (AvgIpc) is 2.16. The minimum absolute atomic E-state index is 0.0324. The Balaban J connectivity index is 2.85. The Labute approximate surface area is 104 Å². The van der Waals surface area contributed by atoms with Gasteiger partial charge in [-0.15, -0.1) is 6.42 Å². The molecule has 0 amide bonds. The van der Waals surface area contributed by atoms with Crippen molar-refractivity contribution in [2.24, 2.45) is 5.92 Å². The van der Waals surface area contributed by atoms with Crippen molar-refractivity contribution in [1.29, 1.82) is 0 Å². The van der Waals surface area contributed by atoms with Gasteiger partial charge >= 0.3 is 0 Å². The maximum Gasteiger partial charge on any atom is 0.141 e. The third-order valence-electron chi connectivity index (χ3n) is 1.95. The standard InChI is InChI=1S/C11H12BrClN2/c1-4-10(7(2)3)15-11-9(12)5-8(13)6-14-11/h1,5-7,10H,2-3H3,(H,14,15). The molecule has 1 unspecified atom stereocenters. The van der Waals surface area contributed by atoms with E-state index in [1.165, 1.54) is 0 Å². The number of aromatic nitrogens is 1. The Hall–Kier alpha value is -0.720. The summed E-state index contributed by atoms with van der Waals surface area (Å²) in [6, 6.07) is 1.75. The number of halogens is 2. The zero-order valence-corrected chi connectivity index (χ0v) is 10.9. The van der Waals surface area contributed by atoms with Crippen LogP contribution in [0.25, 0.3) is 0 Å². The lowest BCUT2D eigenvalue weighted by atomic mass is 10.1. The third kappa shape index (κ3) is 3.40. The summed E-state index contributed by atoms with van der Waals surface area (Å²) in [7, 11) is 0. The van der Waals surface area contributed by atoms with Crippen molar-refractivity contribution in [3.05, 3.63) is 21.8 Å². The van der Waals surface area contributed by atoms with Crippen molar-refractivity contribution >= 4 is 33.3 Å².